The monoisotopic (exact) mass is 244 g/mol. The van der Waals surface area contributed by atoms with Gasteiger partial charge in [-0.05, 0) is 32.4 Å². The zero-order valence-electron chi connectivity index (χ0n) is 10.2. The highest BCUT2D eigenvalue weighted by Crippen LogP contribution is 2.24. The first-order valence-electron chi connectivity index (χ1n) is 6.32. The Labute approximate surface area is 105 Å². The molecule has 94 valence electrons. The highest BCUT2D eigenvalue weighted by Gasteiger charge is 2.19. The first-order chi connectivity index (χ1) is 8.95. The van der Waals surface area contributed by atoms with E-state index in [1.165, 1.54) is 6.42 Å². The van der Waals surface area contributed by atoms with Crippen LogP contribution in [0.4, 0.5) is 0 Å². The molecule has 3 heterocycles. The Bertz CT molecular complexity index is 486. The average Bonchev–Trinajstić information content (AvgIpc) is 2.75. The molecule has 1 saturated heterocycles. The van der Waals surface area contributed by atoms with Gasteiger partial charge in [0.2, 0.25) is 0 Å². The van der Waals surface area contributed by atoms with Crippen LogP contribution in [0.1, 0.15) is 25.3 Å². The van der Waals surface area contributed by atoms with E-state index in [-0.39, 0.29) is 0 Å². The lowest BCUT2D eigenvalue weighted by Crippen LogP contribution is -2.16. The maximum atomic E-state index is 4.32. The Balaban J connectivity index is 1.91. The number of hydrogen-bond donors (Lipinski definition) is 1. The number of rotatable bonds is 2. The van der Waals surface area contributed by atoms with Crippen molar-refractivity contribution < 1.29 is 0 Å². The average molecular weight is 244 g/mol. The van der Waals surface area contributed by atoms with Crippen molar-refractivity contribution >= 4 is 0 Å². The molecule has 2 aromatic heterocycles. The van der Waals surface area contributed by atoms with Crippen molar-refractivity contribution in [1.29, 1.82) is 0 Å². The molecule has 0 amide bonds. The highest BCUT2D eigenvalue weighted by atomic mass is 15.4. The Morgan fingerprint density at radius 1 is 1.17 bits per heavy atom. The summed E-state index contributed by atoms with van der Waals surface area (Å²) in [6.07, 6.45) is 10.3. The number of hydrogen-bond acceptors (Lipinski definition) is 5. The second-order valence-electron chi connectivity index (χ2n) is 4.49. The molecule has 6 heteroatoms. The number of nitrogens with zero attached hydrogens (tertiary/aromatic N) is 5. The summed E-state index contributed by atoms with van der Waals surface area (Å²) >= 11 is 0. The van der Waals surface area contributed by atoms with E-state index >= 15 is 0 Å². The van der Waals surface area contributed by atoms with Crippen molar-refractivity contribution in [3.63, 3.8) is 0 Å². The lowest BCUT2D eigenvalue weighted by molar-refractivity contribution is 0.408. The Morgan fingerprint density at radius 2 is 2.17 bits per heavy atom. The zero-order valence-corrected chi connectivity index (χ0v) is 10.2. The van der Waals surface area contributed by atoms with Crippen LogP contribution in [0.5, 0.6) is 0 Å². The minimum atomic E-state index is 0.402. The molecular weight excluding hydrogens is 228 g/mol. The largest absolute Gasteiger partial charge is 0.317 e. The third kappa shape index (κ3) is 2.24. The van der Waals surface area contributed by atoms with Crippen LogP contribution in [0.25, 0.3) is 11.4 Å². The van der Waals surface area contributed by atoms with E-state index in [1.54, 1.807) is 24.8 Å². The fourth-order valence-corrected chi connectivity index (χ4v) is 2.37. The minimum Gasteiger partial charge on any atom is -0.317 e. The van der Waals surface area contributed by atoms with Crippen LogP contribution in [0.3, 0.4) is 0 Å². The van der Waals surface area contributed by atoms with Crippen LogP contribution < -0.4 is 5.32 Å². The summed E-state index contributed by atoms with van der Waals surface area (Å²) in [4.78, 5) is 8.42. The van der Waals surface area contributed by atoms with Gasteiger partial charge in [-0.3, -0.25) is 9.97 Å². The smallest absolute Gasteiger partial charge is 0.109 e. The van der Waals surface area contributed by atoms with Crippen LogP contribution in [-0.4, -0.2) is 38.1 Å². The summed E-state index contributed by atoms with van der Waals surface area (Å²) in [7, 11) is 0. The Hall–Kier alpha value is -1.82. The summed E-state index contributed by atoms with van der Waals surface area (Å²) in [6.45, 7) is 2.12. The molecule has 18 heavy (non-hydrogen) atoms. The molecule has 1 atom stereocenters. The molecule has 0 saturated carbocycles. The maximum Gasteiger partial charge on any atom is 0.109 e. The molecule has 1 fully saturated rings. The first-order valence-corrected chi connectivity index (χ1v) is 6.32. The normalized spacial score (nSPS) is 20.6. The predicted octanol–water partition coefficient (Wildman–Crippen LogP) is 1.05. The Kier molecular flexibility index (Phi) is 3.27. The second kappa shape index (κ2) is 5.22. The van der Waals surface area contributed by atoms with Gasteiger partial charge < -0.3 is 5.32 Å². The first kappa shape index (κ1) is 11.3. The lowest BCUT2D eigenvalue weighted by atomic mass is 10.1. The van der Waals surface area contributed by atoms with Gasteiger partial charge in [-0.2, -0.15) is 0 Å². The lowest BCUT2D eigenvalue weighted by Gasteiger charge is -2.16. The number of nitrogens with one attached hydrogen (secondary N) is 1. The maximum absolute atomic E-state index is 4.32. The van der Waals surface area contributed by atoms with E-state index in [2.05, 4.69) is 25.6 Å². The van der Waals surface area contributed by atoms with Gasteiger partial charge in [0.1, 0.15) is 11.4 Å². The van der Waals surface area contributed by atoms with Gasteiger partial charge >= 0.3 is 0 Å². The van der Waals surface area contributed by atoms with Gasteiger partial charge in [-0.1, -0.05) is 5.21 Å². The standard InChI is InChI=1S/C12H16N6/c1-2-10(3-5-13-4-1)18-12(9-16-17-18)11-8-14-6-7-15-11/h6-10,13H,1-5H2. The van der Waals surface area contributed by atoms with Gasteiger partial charge in [-0.15, -0.1) is 5.10 Å². The SMILES string of the molecule is c1cnc(-c2cnnn2C2CCCNCC2)cn1. The molecule has 3 rings (SSSR count). The van der Waals surface area contributed by atoms with Crippen molar-refractivity contribution in [2.45, 2.75) is 25.3 Å². The van der Waals surface area contributed by atoms with E-state index in [0.29, 0.717) is 6.04 Å². The van der Waals surface area contributed by atoms with Gasteiger partial charge in [0.25, 0.3) is 0 Å². The fraction of sp³-hybridized carbons (Fsp3) is 0.500. The minimum absolute atomic E-state index is 0.402. The summed E-state index contributed by atoms with van der Waals surface area (Å²) in [6, 6.07) is 0.402. The van der Waals surface area contributed by atoms with Gasteiger partial charge in [0.05, 0.1) is 18.4 Å². The molecule has 0 aliphatic carbocycles. The van der Waals surface area contributed by atoms with E-state index in [4.69, 9.17) is 0 Å². The molecule has 0 aromatic carbocycles. The van der Waals surface area contributed by atoms with Gasteiger partial charge in [-0.25, -0.2) is 4.68 Å². The van der Waals surface area contributed by atoms with Gasteiger partial charge in [0, 0.05) is 12.4 Å². The highest BCUT2D eigenvalue weighted by molar-refractivity contribution is 5.51. The van der Waals surface area contributed by atoms with Crippen LogP contribution in [0.2, 0.25) is 0 Å². The molecule has 2 aromatic rings. The summed E-state index contributed by atoms with van der Waals surface area (Å²) in [5.74, 6) is 0. The molecular formula is C12H16N6. The van der Waals surface area contributed by atoms with Gasteiger partial charge in [0.15, 0.2) is 0 Å². The Morgan fingerprint density at radius 3 is 3.06 bits per heavy atom. The van der Waals surface area contributed by atoms with Crippen molar-refractivity contribution in [3.05, 3.63) is 24.8 Å². The van der Waals surface area contributed by atoms with Crippen molar-refractivity contribution in [2.75, 3.05) is 13.1 Å². The third-order valence-corrected chi connectivity index (χ3v) is 3.29. The van der Waals surface area contributed by atoms with Crippen molar-refractivity contribution in [3.8, 4) is 11.4 Å². The topological polar surface area (TPSA) is 68.5 Å². The van der Waals surface area contributed by atoms with Crippen LogP contribution in [0.15, 0.2) is 24.8 Å². The molecule has 1 aliphatic rings. The fourth-order valence-electron chi connectivity index (χ4n) is 2.37. The third-order valence-electron chi connectivity index (χ3n) is 3.29. The second-order valence-corrected chi connectivity index (χ2v) is 4.49. The van der Waals surface area contributed by atoms with Crippen molar-refractivity contribution in [1.82, 2.24) is 30.3 Å². The molecule has 1 N–H and O–H groups in total. The quantitative estimate of drug-likeness (QED) is 0.855. The summed E-state index contributed by atoms with van der Waals surface area (Å²) in [5.41, 5.74) is 1.79. The molecule has 1 unspecified atom stereocenters. The van der Waals surface area contributed by atoms with Crippen LogP contribution in [0, 0.1) is 0 Å². The van der Waals surface area contributed by atoms with Crippen LogP contribution in [-0.2, 0) is 0 Å². The molecule has 1 aliphatic heterocycles. The predicted molar refractivity (Wildman–Crippen MR) is 66.8 cm³/mol. The zero-order chi connectivity index (χ0) is 12.2. The van der Waals surface area contributed by atoms with E-state index in [0.717, 1.165) is 37.3 Å². The van der Waals surface area contributed by atoms with E-state index in [9.17, 15) is 0 Å². The summed E-state index contributed by atoms with van der Waals surface area (Å²) in [5, 5.41) is 11.7. The number of aromatic nitrogens is 5. The van der Waals surface area contributed by atoms with E-state index < -0.39 is 0 Å². The summed E-state index contributed by atoms with van der Waals surface area (Å²) < 4.78 is 2.00. The molecule has 6 nitrogen and oxygen atoms in total. The van der Waals surface area contributed by atoms with Crippen LogP contribution >= 0.6 is 0 Å². The van der Waals surface area contributed by atoms with E-state index in [1.807, 2.05) is 4.68 Å². The molecule has 0 bridgehead atoms. The molecule has 0 spiro atoms. The molecule has 0 radical (unpaired) electrons. The van der Waals surface area contributed by atoms with Crippen molar-refractivity contribution in [2.24, 2.45) is 0 Å².